The quantitative estimate of drug-likeness (QED) is 0.707. The van der Waals surface area contributed by atoms with Gasteiger partial charge >= 0.3 is 12.0 Å². The monoisotopic (exact) mass is 412 g/mol. The molecular weight excluding hydrogens is 384 g/mol. The van der Waals surface area contributed by atoms with Crippen molar-refractivity contribution in [2.24, 2.45) is 0 Å². The topological polar surface area (TPSA) is 93.7 Å². The van der Waals surface area contributed by atoms with Gasteiger partial charge in [-0.25, -0.2) is 4.79 Å². The Morgan fingerprint density at radius 2 is 1.73 bits per heavy atom. The number of nitrogens with one attached hydrogen (secondary N) is 2. The molecule has 1 fully saturated rings. The van der Waals surface area contributed by atoms with Crippen LogP contribution >= 0.6 is 0 Å². The molecule has 2 aromatic carbocycles. The van der Waals surface area contributed by atoms with Gasteiger partial charge < -0.3 is 14.8 Å². The van der Waals surface area contributed by atoms with Gasteiger partial charge in [-0.15, -0.1) is 0 Å². The van der Waals surface area contributed by atoms with Crippen LogP contribution in [0.2, 0.25) is 0 Å². The fourth-order valence-corrected chi connectivity index (χ4v) is 3.67. The highest BCUT2D eigenvalue weighted by Crippen LogP contribution is 2.25. The van der Waals surface area contributed by atoms with Gasteiger partial charge in [0.2, 0.25) is 0 Å². The highest BCUT2D eigenvalue weighted by atomic mass is 16.5. The molecule has 0 bridgehead atoms. The van der Waals surface area contributed by atoms with Crippen molar-refractivity contribution in [2.75, 3.05) is 13.7 Å². The zero-order valence-electron chi connectivity index (χ0n) is 17.4. The molecule has 3 rings (SSSR count). The third-order valence-corrected chi connectivity index (χ3v) is 5.46. The van der Waals surface area contributed by atoms with Crippen molar-refractivity contribution in [1.29, 1.82) is 0 Å². The maximum atomic E-state index is 12.4. The fourth-order valence-electron chi connectivity index (χ4n) is 3.67. The summed E-state index contributed by atoms with van der Waals surface area (Å²) in [7, 11) is 1.61. The lowest BCUT2D eigenvalue weighted by Gasteiger charge is -2.22. The summed E-state index contributed by atoms with van der Waals surface area (Å²) in [5.74, 6) is -0.943. The fraction of sp³-hybridized carbons (Fsp3) is 0.435. The maximum absolute atomic E-state index is 12.4. The molecular formula is C23H28N2O5. The van der Waals surface area contributed by atoms with Crippen LogP contribution in [0.3, 0.4) is 0 Å². The van der Waals surface area contributed by atoms with Gasteiger partial charge in [-0.05, 0) is 48.2 Å². The number of ether oxygens (including phenoxy) is 2. The molecule has 0 radical (unpaired) electrons. The third kappa shape index (κ3) is 5.72. The van der Waals surface area contributed by atoms with Gasteiger partial charge in [0.25, 0.3) is 5.91 Å². The van der Waals surface area contributed by atoms with Gasteiger partial charge in [-0.2, -0.15) is 0 Å². The van der Waals surface area contributed by atoms with Gasteiger partial charge in [0.15, 0.2) is 6.61 Å². The smallest absolute Gasteiger partial charge is 0.321 e. The predicted octanol–water partition coefficient (Wildman–Crippen LogP) is 3.65. The Balaban J connectivity index is 1.49. The Kier molecular flexibility index (Phi) is 7.27. The minimum Gasteiger partial charge on any atom is -0.497 e. The molecule has 0 unspecified atom stereocenters. The molecule has 160 valence electrons. The maximum Gasteiger partial charge on any atom is 0.321 e. The van der Waals surface area contributed by atoms with E-state index in [2.05, 4.69) is 10.6 Å². The SMILES string of the molecule is COc1ccc2cc([C@H](C)C(=O)OCC(=O)NC(=O)NC3CCCCC3)ccc2c1. The van der Waals surface area contributed by atoms with Gasteiger partial charge in [-0.3, -0.25) is 14.9 Å². The summed E-state index contributed by atoms with van der Waals surface area (Å²) in [5, 5.41) is 6.99. The second-order valence-corrected chi connectivity index (χ2v) is 7.66. The van der Waals surface area contributed by atoms with Crippen molar-refractivity contribution >= 4 is 28.7 Å². The van der Waals surface area contributed by atoms with E-state index in [9.17, 15) is 14.4 Å². The van der Waals surface area contributed by atoms with E-state index >= 15 is 0 Å². The molecule has 7 heteroatoms. The number of fused-ring (bicyclic) bond motifs is 1. The van der Waals surface area contributed by atoms with E-state index in [1.54, 1.807) is 14.0 Å². The van der Waals surface area contributed by atoms with Gasteiger partial charge in [0.05, 0.1) is 13.0 Å². The first-order valence-corrected chi connectivity index (χ1v) is 10.3. The molecule has 1 saturated carbocycles. The Labute approximate surface area is 176 Å². The number of carbonyl (C=O) groups excluding carboxylic acids is 3. The third-order valence-electron chi connectivity index (χ3n) is 5.46. The summed E-state index contributed by atoms with van der Waals surface area (Å²) < 4.78 is 10.3. The van der Waals surface area contributed by atoms with Crippen LogP contribution in [0.15, 0.2) is 36.4 Å². The van der Waals surface area contributed by atoms with Crippen molar-refractivity contribution in [2.45, 2.75) is 51.0 Å². The number of rotatable bonds is 6. The number of urea groups is 1. The van der Waals surface area contributed by atoms with Crippen molar-refractivity contribution in [3.05, 3.63) is 42.0 Å². The average Bonchev–Trinajstić information content (AvgIpc) is 2.76. The van der Waals surface area contributed by atoms with Crippen LogP contribution < -0.4 is 15.4 Å². The highest BCUT2D eigenvalue weighted by molar-refractivity contribution is 5.96. The van der Waals surface area contributed by atoms with E-state index in [1.165, 1.54) is 6.42 Å². The van der Waals surface area contributed by atoms with E-state index in [0.29, 0.717) is 0 Å². The van der Waals surface area contributed by atoms with Crippen LogP contribution in [0.1, 0.15) is 50.5 Å². The minimum atomic E-state index is -0.644. The number of amides is 3. The highest BCUT2D eigenvalue weighted by Gasteiger charge is 2.20. The second kappa shape index (κ2) is 10.1. The molecule has 2 aromatic rings. The van der Waals surface area contributed by atoms with Gasteiger partial charge in [-0.1, -0.05) is 43.5 Å². The Morgan fingerprint density at radius 3 is 2.47 bits per heavy atom. The molecule has 2 N–H and O–H groups in total. The number of esters is 1. The van der Waals surface area contributed by atoms with E-state index in [0.717, 1.165) is 47.8 Å². The summed E-state index contributed by atoms with van der Waals surface area (Å²) in [4.78, 5) is 36.2. The molecule has 0 spiro atoms. The molecule has 0 saturated heterocycles. The minimum absolute atomic E-state index is 0.0991. The lowest BCUT2D eigenvalue weighted by Crippen LogP contribution is -2.46. The van der Waals surface area contributed by atoms with E-state index in [-0.39, 0.29) is 6.04 Å². The summed E-state index contributed by atoms with van der Waals surface area (Å²) in [5.41, 5.74) is 0.785. The number of methoxy groups -OCH3 is 1. The van der Waals surface area contributed by atoms with Crippen molar-refractivity contribution in [3.63, 3.8) is 0 Å². The lowest BCUT2D eigenvalue weighted by molar-refractivity contribution is -0.149. The van der Waals surface area contributed by atoms with Crippen molar-refractivity contribution in [1.82, 2.24) is 10.6 Å². The van der Waals surface area contributed by atoms with E-state index in [4.69, 9.17) is 9.47 Å². The number of hydrogen-bond donors (Lipinski definition) is 2. The molecule has 0 aromatic heterocycles. The zero-order chi connectivity index (χ0) is 21.5. The number of hydrogen-bond acceptors (Lipinski definition) is 5. The normalized spacial score (nSPS) is 15.3. The predicted molar refractivity (Wildman–Crippen MR) is 113 cm³/mol. The molecule has 1 aliphatic carbocycles. The first-order valence-electron chi connectivity index (χ1n) is 10.3. The molecule has 0 heterocycles. The summed E-state index contributed by atoms with van der Waals surface area (Å²) in [6, 6.07) is 10.9. The molecule has 30 heavy (non-hydrogen) atoms. The van der Waals surface area contributed by atoms with Crippen LogP contribution in [0.4, 0.5) is 4.79 Å². The van der Waals surface area contributed by atoms with E-state index < -0.39 is 30.4 Å². The van der Waals surface area contributed by atoms with Crippen LogP contribution in [-0.4, -0.2) is 37.7 Å². The molecule has 7 nitrogen and oxygen atoms in total. The van der Waals surface area contributed by atoms with E-state index in [1.807, 2.05) is 36.4 Å². The second-order valence-electron chi connectivity index (χ2n) is 7.66. The molecule has 3 amide bonds. The Bertz CT molecular complexity index is 921. The standard InChI is InChI=1S/C23H28N2O5/c1-15(16-8-9-18-13-20(29-2)11-10-17(18)12-16)22(27)30-14-21(26)25-23(28)24-19-6-4-3-5-7-19/h8-13,15,19H,3-7,14H2,1-2H3,(H2,24,25,26,28)/t15-/m0/s1. The average molecular weight is 412 g/mol. The molecule has 0 aliphatic heterocycles. The number of benzene rings is 2. The van der Waals surface area contributed by atoms with Crippen molar-refractivity contribution in [3.8, 4) is 5.75 Å². The van der Waals surface area contributed by atoms with Crippen LogP contribution in [0.25, 0.3) is 10.8 Å². The van der Waals surface area contributed by atoms with Crippen LogP contribution in [0.5, 0.6) is 5.75 Å². The molecule has 1 atom stereocenters. The Hall–Kier alpha value is -3.09. The number of carbonyl (C=O) groups is 3. The summed E-state index contributed by atoms with van der Waals surface area (Å²) in [6.45, 7) is 1.23. The first-order chi connectivity index (χ1) is 14.5. The summed E-state index contributed by atoms with van der Waals surface area (Å²) in [6.07, 6.45) is 5.19. The Morgan fingerprint density at radius 1 is 1.03 bits per heavy atom. The van der Waals surface area contributed by atoms with Crippen molar-refractivity contribution < 1.29 is 23.9 Å². The largest absolute Gasteiger partial charge is 0.497 e. The van der Waals surface area contributed by atoms with Gasteiger partial charge in [0.1, 0.15) is 5.75 Å². The number of imide groups is 1. The zero-order valence-corrected chi connectivity index (χ0v) is 17.4. The lowest BCUT2D eigenvalue weighted by atomic mass is 9.96. The first kappa shape index (κ1) is 21.6. The summed E-state index contributed by atoms with van der Waals surface area (Å²) >= 11 is 0. The van der Waals surface area contributed by atoms with Gasteiger partial charge in [0, 0.05) is 6.04 Å². The van der Waals surface area contributed by atoms with Crippen LogP contribution in [0, 0.1) is 0 Å². The van der Waals surface area contributed by atoms with Crippen LogP contribution in [-0.2, 0) is 14.3 Å². The molecule has 1 aliphatic rings.